The van der Waals surface area contributed by atoms with Crippen LogP contribution in [0.5, 0.6) is 0 Å². The van der Waals surface area contributed by atoms with Crippen molar-refractivity contribution in [1.29, 1.82) is 0 Å². The molecule has 0 radical (unpaired) electrons. The van der Waals surface area contributed by atoms with Gasteiger partial charge >= 0.3 is 0 Å². The Morgan fingerprint density at radius 2 is 0.604 bits per heavy atom. The van der Waals surface area contributed by atoms with E-state index in [4.69, 9.17) is 0 Å². The van der Waals surface area contributed by atoms with Crippen molar-refractivity contribution >= 4 is 0 Å². The molecule has 0 nitrogen and oxygen atoms in total. The number of hydrogen-bond donors (Lipinski definition) is 0. The number of rotatable bonds is 16. The first-order valence-corrected chi connectivity index (χ1v) is 41.0. The van der Waals surface area contributed by atoms with Crippen LogP contribution in [-0.2, 0) is 0 Å². The molecule has 0 aromatic carbocycles. The fraction of sp³-hybridized carbons (Fsp3) is 1.00. The average Bonchev–Trinajstić information content (AvgIpc) is 0.975. The predicted octanol–water partition coefficient (Wildman–Crippen LogP) is 34.6. The second-order valence-corrected chi connectivity index (χ2v) is 39.2. The van der Waals surface area contributed by atoms with E-state index in [0.29, 0.717) is 48.7 Å². The van der Waals surface area contributed by atoms with Crippen molar-refractivity contribution in [2.75, 3.05) is 0 Å². The molecular weight excluding hydrogens is 1090 g/mol. The molecule has 5 saturated carbocycles. The van der Waals surface area contributed by atoms with Crippen LogP contribution in [0.15, 0.2) is 0 Å². The average molecular weight is 1290 g/mol. The van der Waals surface area contributed by atoms with E-state index in [1.165, 1.54) is 172 Å². The summed E-state index contributed by atoms with van der Waals surface area (Å²) in [7, 11) is 0. The molecule has 0 amide bonds. The summed E-state index contributed by atoms with van der Waals surface area (Å²) >= 11 is 0. The van der Waals surface area contributed by atoms with Crippen LogP contribution in [0, 0.1) is 114 Å². The zero-order valence-corrected chi connectivity index (χ0v) is 74.2. The Hall–Kier alpha value is 0. The molecule has 91 heavy (non-hydrogen) atoms. The molecule has 0 heterocycles. The van der Waals surface area contributed by atoms with Gasteiger partial charge in [-0.3, -0.25) is 0 Å². The Morgan fingerprint density at radius 1 is 0.319 bits per heavy atom. The standard InChI is InChI=1S/C10H22.C9H20.C8H16.C8H18.C7H12.C7H14.6C7H16/c1-7-10(6,8-2)9(3,4)5;1-7-9(5,6)8(2,3)4;1-2-8-6-4-3-5-7-8;1-7(2,3)8(4,5)6;1-2-7-5-3-6(7)4-5;1-2-7-5-3-4-6-7;2*1-6(2)7(3,4)5;1-5-7(3,4)6-2;1-5-7(4)6(2)3;2*1-4-6-7(3)5-2/h7-8H2,1-6H3;7H2,1-6H3;8H,2-7H2,1H3;1-6H3;5-7H,2-4H2,1H3;7H,2-6H2,1H3;2*6H,1-5H3;5-6H2,1-4H3;6-7H,5H2,1-4H3;2*7H,4-6H2,1-3H3. The van der Waals surface area contributed by atoms with Gasteiger partial charge in [0, 0.05) is 0 Å². The maximum absolute atomic E-state index is 2.38. The molecule has 5 rings (SSSR count). The van der Waals surface area contributed by atoms with E-state index in [0.717, 1.165) is 47.3 Å². The van der Waals surface area contributed by atoms with Gasteiger partial charge in [-0.1, -0.05) is 466 Å². The summed E-state index contributed by atoms with van der Waals surface area (Å²) in [5, 5.41) is 0. The molecule has 0 spiro atoms. The fourth-order valence-corrected chi connectivity index (χ4v) is 9.04. The molecular formula is C91H198. The minimum atomic E-state index is 0.437. The molecule has 0 saturated heterocycles. The SMILES string of the molecule is CC(C)(C)C(C)(C)C.CC(C)C(C)(C)C.CC(C)C(C)(C)C.CCC(C)(C)C(C)(C)C.CCC(C)(C)CC.CCC(C)(CC)C(C)(C)C.CCC(C)C(C)C.CCC1C2CC1C2.CCC1CCCC1.CCC1CCCCC1.CCCC(C)CC.CCCC(C)CC. The van der Waals surface area contributed by atoms with Gasteiger partial charge in [-0.2, -0.15) is 0 Å². The molecule has 3 atom stereocenters. The van der Waals surface area contributed by atoms with Gasteiger partial charge in [-0.05, 0) is 127 Å². The summed E-state index contributed by atoms with van der Waals surface area (Å²) in [5.41, 5.74) is 4.36. The molecule has 0 heteroatoms. The zero-order valence-electron chi connectivity index (χ0n) is 74.2. The van der Waals surface area contributed by atoms with E-state index in [-0.39, 0.29) is 0 Å². The molecule has 562 valence electrons. The van der Waals surface area contributed by atoms with E-state index in [9.17, 15) is 0 Å². The minimum absolute atomic E-state index is 0.437. The lowest BCUT2D eigenvalue weighted by Crippen LogP contribution is -2.49. The van der Waals surface area contributed by atoms with Crippen molar-refractivity contribution < 1.29 is 0 Å². The molecule has 0 aromatic heterocycles. The largest absolute Gasteiger partial charge is 0.0654 e. The molecule has 5 aliphatic carbocycles. The quantitative estimate of drug-likeness (QED) is 0.144. The van der Waals surface area contributed by atoms with Crippen molar-refractivity contribution in [3.63, 3.8) is 0 Å². The second-order valence-electron chi connectivity index (χ2n) is 39.2. The molecule has 3 unspecified atom stereocenters. The minimum Gasteiger partial charge on any atom is -0.0654 e. The van der Waals surface area contributed by atoms with Gasteiger partial charge in [0.1, 0.15) is 0 Å². The third kappa shape index (κ3) is 60.9. The molecule has 0 aliphatic heterocycles. The Morgan fingerprint density at radius 3 is 0.659 bits per heavy atom. The van der Waals surface area contributed by atoms with Crippen LogP contribution in [0.4, 0.5) is 0 Å². The van der Waals surface area contributed by atoms with Crippen LogP contribution >= 0.6 is 0 Å². The number of hydrogen-bond acceptors (Lipinski definition) is 0. The van der Waals surface area contributed by atoms with Gasteiger partial charge in [0.2, 0.25) is 0 Å². The maximum Gasteiger partial charge on any atom is -0.0282 e. The Balaban J connectivity index is -0.000000138. The lowest BCUT2D eigenvalue weighted by Gasteiger charge is -2.58. The first-order valence-electron chi connectivity index (χ1n) is 41.0. The summed E-state index contributed by atoms with van der Waals surface area (Å²) in [6, 6.07) is 0. The summed E-state index contributed by atoms with van der Waals surface area (Å²) in [5.74, 6) is 11.0. The highest BCUT2D eigenvalue weighted by atomic mass is 14.6. The van der Waals surface area contributed by atoms with Crippen LogP contribution in [0.2, 0.25) is 0 Å². The highest BCUT2D eigenvalue weighted by Gasteiger charge is 2.50. The van der Waals surface area contributed by atoms with Crippen LogP contribution in [0.25, 0.3) is 0 Å². The van der Waals surface area contributed by atoms with E-state index >= 15 is 0 Å². The van der Waals surface area contributed by atoms with Gasteiger partial charge in [0.25, 0.3) is 0 Å². The summed E-state index contributed by atoms with van der Waals surface area (Å²) in [4.78, 5) is 0. The lowest BCUT2D eigenvalue weighted by atomic mass is 9.47. The van der Waals surface area contributed by atoms with Crippen molar-refractivity contribution in [1.82, 2.24) is 0 Å². The Labute approximate surface area is 589 Å². The molecule has 5 fully saturated rings. The van der Waals surface area contributed by atoms with Crippen LogP contribution in [0.3, 0.4) is 0 Å². The van der Waals surface area contributed by atoms with Crippen molar-refractivity contribution in [3.8, 4) is 0 Å². The monoisotopic (exact) mass is 1290 g/mol. The van der Waals surface area contributed by atoms with Crippen molar-refractivity contribution in [2.45, 2.75) is 479 Å². The summed E-state index contributed by atoms with van der Waals surface area (Å²) < 4.78 is 0. The smallest absolute Gasteiger partial charge is 0.0282 e. The second kappa shape index (κ2) is 55.8. The Kier molecular flexibility index (Phi) is 65.6. The van der Waals surface area contributed by atoms with E-state index in [1.807, 2.05) is 0 Å². The highest BCUT2D eigenvalue weighted by molar-refractivity contribution is 5.00. The van der Waals surface area contributed by atoms with E-state index in [2.05, 4.69) is 312 Å². The van der Waals surface area contributed by atoms with Crippen LogP contribution in [-0.4, -0.2) is 0 Å². The first-order chi connectivity index (χ1) is 41.0. The first kappa shape index (κ1) is 107. The van der Waals surface area contributed by atoms with Gasteiger partial charge in [0.15, 0.2) is 0 Å². The van der Waals surface area contributed by atoms with Crippen LogP contribution in [0.1, 0.15) is 479 Å². The summed E-state index contributed by atoms with van der Waals surface area (Å²) in [6.45, 7) is 103. The Bertz CT molecular complexity index is 1380. The molecule has 0 aromatic rings. The predicted molar refractivity (Wildman–Crippen MR) is 436 cm³/mol. The third-order valence-corrected chi connectivity index (χ3v) is 25.9. The van der Waals surface area contributed by atoms with E-state index < -0.39 is 0 Å². The maximum atomic E-state index is 2.38. The van der Waals surface area contributed by atoms with Gasteiger partial charge in [0.05, 0.1) is 0 Å². The van der Waals surface area contributed by atoms with Crippen molar-refractivity contribution in [2.24, 2.45) is 114 Å². The van der Waals surface area contributed by atoms with Crippen molar-refractivity contribution in [3.05, 3.63) is 0 Å². The van der Waals surface area contributed by atoms with Gasteiger partial charge < -0.3 is 0 Å². The topological polar surface area (TPSA) is 0 Å². The van der Waals surface area contributed by atoms with E-state index in [1.54, 1.807) is 12.8 Å². The van der Waals surface area contributed by atoms with Crippen LogP contribution < -0.4 is 0 Å². The third-order valence-electron chi connectivity index (χ3n) is 25.9. The molecule has 2 bridgehead atoms. The molecule has 5 aliphatic rings. The normalized spacial score (nSPS) is 18.5. The van der Waals surface area contributed by atoms with Gasteiger partial charge in [-0.25, -0.2) is 0 Å². The lowest BCUT2D eigenvalue weighted by molar-refractivity contribution is -0.0819. The highest BCUT2D eigenvalue weighted by Crippen LogP contribution is 2.59. The fourth-order valence-electron chi connectivity index (χ4n) is 9.04. The summed E-state index contributed by atoms with van der Waals surface area (Å²) in [6.07, 6.45) is 36.9. The molecule has 0 N–H and O–H groups in total. The van der Waals surface area contributed by atoms with Gasteiger partial charge in [-0.15, -0.1) is 0 Å². The zero-order chi connectivity index (χ0) is 74.2.